The molecule has 7 N–H and O–H groups in total. The maximum Gasteiger partial charge on any atom is 0.322 e. The molecule has 132 valence electrons. The molecule has 0 radical (unpaired) electrons. The summed E-state index contributed by atoms with van der Waals surface area (Å²) in [6, 6.07) is -3.33. The first-order valence-corrected chi connectivity index (χ1v) is 7.38. The van der Waals surface area contributed by atoms with Gasteiger partial charge >= 0.3 is 5.97 Å². The first-order chi connectivity index (χ1) is 10.6. The molecule has 0 aromatic rings. The van der Waals surface area contributed by atoms with E-state index in [0.717, 1.165) is 0 Å². The fourth-order valence-electron chi connectivity index (χ4n) is 1.43. The Labute approximate surface area is 138 Å². The predicted molar refractivity (Wildman–Crippen MR) is 83.7 cm³/mol. The molecule has 0 aromatic carbocycles. The van der Waals surface area contributed by atoms with E-state index in [1.807, 2.05) is 0 Å². The normalized spacial score (nSPS) is 15.7. The van der Waals surface area contributed by atoms with Crippen molar-refractivity contribution in [2.24, 2.45) is 5.73 Å². The van der Waals surface area contributed by atoms with Crippen LogP contribution in [-0.4, -0.2) is 70.4 Å². The molecule has 4 unspecified atom stereocenters. The zero-order chi connectivity index (χ0) is 18.2. The number of hydrogen-bond acceptors (Lipinski definition) is 7. The van der Waals surface area contributed by atoms with Crippen LogP contribution in [0.25, 0.3) is 0 Å². The van der Waals surface area contributed by atoms with Gasteiger partial charge in [0.1, 0.15) is 18.6 Å². The van der Waals surface area contributed by atoms with Gasteiger partial charge in [-0.05, 0) is 13.8 Å². The van der Waals surface area contributed by atoms with Crippen LogP contribution in [0.5, 0.6) is 0 Å². The summed E-state index contributed by atoms with van der Waals surface area (Å²) in [6.45, 7) is 2.08. The molecule has 3 amide bonds. The number of amides is 3. The number of thiol groups is 1. The van der Waals surface area contributed by atoms with Crippen molar-refractivity contribution >= 4 is 36.3 Å². The Morgan fingerprint density at radius 1 is 1.09 bits per heavy atom. The van der Waals surface area contributed by atoms with Gasteiger partial charge in [0.25, 0.3) is 0 Å². The van der Waals surface area contributed by atoms with Crippen molar-refractivity contribution < 1.29 is 29.4 Å². The number of aliphatic hydroxyl groups excluding tert-OH is 1. The fourth-order valence-corrected chi connectivity index (χ4v) is 1.69. The zero-order valence-electron chi connectivity index (χ0n) is 12.8. The largest absolute Gasteiger partial charge is 0.480 e. The van der Waals surface area contributed by atoms with Gasteiger partial charge in [-0.2, -0.15) is 12.6 Å². The van der Waals surface area contributed by atoms with E-state index in [1.165, 1.54) is 13.8 Å². The maximum atomic E-state index is 12.1. The third-order valence-electron chi connectivity index (χ3n) is 2.71. The molecule has 0 aliphatic heterocycles. The molecule has 0 saturated carbocycles. The lowest BCUT2D eigenvalue weighted by molar-refractivity contribution is -0.138. The summed E-state index contributed by atoms with van der Waals surface area (Å²) in [5, 5.41) is 24.7. The molecule has 0 heterocycles. The Hall–Kier alpha value is -1.85. The molecule has 23 heavy (non-hydrogen) atoms. The highest BCUT2D eigenvalue weighted by atomic mass is 32.1. The molecule has 0 aromatic heterocycles. The summed E-state index contributed by atoms with van der Waals surface area (Å²) in [5.41, 5.74) is 5.37. The van der Waals surface area contributed by atoms with Crippen molar-refractivity contribution in [3.8, 4) is 0 Å². The van der Waals surface area contributed by atoms with Crippen molar-refractivity contribution in [2.75, 3.05) is 12.3 Å². The van der Waals surface area contributed by atoms with Gasteiger partial charge in [0.15, 0.2) is 0 Å². The van der Waals surface area contributed by atoms with E-state index in [4.69, 9.17) is 10.8 Å². The molecule has 11 heteroatoms. The summed E-state index contributed by atoms with van der Waals surface area (Å²) >= 11 is 3.90. The minimum Gasteiger partial charge on any atom is -0.480 e. The highest BCUT2D eigenvalue weighted by Crippen LogP contribution is 1.97. The van der Waals surface area contributed by atoms with Crippen molar-refractivity contribution in [3.05, 3.63) is 0 Å². The number of carbonyl (C=O) groups excluding carboxylic acids is 3. The summed E-state index contributed by atoms with van der Waals surface area (Å²) in [7, 11) is 0. The Kier molecular flexibility index (Phi) is 9.22. The van der Waals surface area contributed by atoms with E-state index < -0.39 is 54.5 Å². The smallest absolute Gasteiger partial charge is 0.322 e. The van der Waals surface area contributed by atoms with E-state index in [0.29, 0.717) is 0 Å². The standard InChI is InChI=1S/C12H22N4O6S/c1-5(13)10(20)16-9(6(2)17)12(22)15-7(4-23)11(21)14-3-8(18)19/h5-7,9,17,23H,3-4,13H2,1-2H3,(H,14,21)(H,15,22)(H,16,20)(H,18,19). The number of aliphatic hydroxyl groups is 1. The van der Waals surface area contributed by atoms with Gasteiger partial charge in [-0.25, -0.2) is 0 Å². The highest BCUT2D eigenvalue weighted by Gasteiger charge is 2.29. The molecular weight excluding hydrogens is 328 g/mol. The number of aliphatic carboxylic acids is 1. The molecule has 0 spiro atoms. The van der Waals surface area contributed by atoms with E-state index in [1.54, 1.807) is 0 Å². The van der Waals surface area contributed by atoms with Crippen molar-refractivity contribution in [1.29, 1.82) is 0 Å². The Morgan fingerprint density at radius 3 is 2.04 bits per heavy atom. The van der Waals surface area contributed by atoms with Crippen LogP contribution >= 0.6 is 12.6 Å². The van der Waals surface area contributed by atoms with Crippen LogP contribution in [0.4, 0.5) is 0 Å². The first kappa shape index (κ1) is 21.1. The number of carboxylic acids is 1. The minimum absolute atomic E-state index is 0.106. The highest BCUT2D eigenvalue weighted by molar-refractivity contribution is 7.80. The molecule has 0 rings (SSSR count). The second kappa shape index (κ2) is 10.0. The molecule has 0 aliphatic rings. The lowest BCUT2D eigenvalue weighted by Gasteiger charge is -2.24. The summed E-state index contributed by atoms with van der Waals surface area (Å²) in [5.74, 6) is -3.57. The van der Waals surface area contributed by atoms with Gasteiger partial charge in [0, 0.05) is 5.75 Å². The van der Waals surface area contributed by atoms with Crippen molar-refractivity contribution in [2.45, 2.75) is 38.1 Å². The van der Waals surface area contributed by atoms with E-state index in [-0.39, 0.29) is 5.75 Å². The third-order valence-corrected chi connectivity index (χ3v) is 3.07. The van der Waals surface area contributed by atoms with Gasteiger partial charge in [0.05, 0.1) is 12.1 Å². The molecular formula is C12H22N4O6S. The molecule has 4 atom stereocenters. The second-order valence-electron chi connectivity index (χ2n) is 4.87. The number of carbonyl (C=O) groups is 4. The van der Waals surface area contributed by atoms with Crippen LogP contribution in [0.15, 0.2) is 0 Å². The molecule has 10 nitrogen and oxygen atoms in total. The van der Waals surface area contributed by atoms with Gasteiger partial charge < -0.3 is 31.9 Å². The monoisotopic (exact) mass is 350 g/mol. The van der Waals surface area contributed by atoms with E-state index >= 15 is 0 Å². The van der Waals surface area contributed by atoms with E-state index in [2.05, 4.69) is 28.6 Å². The van der Waals surface area contributed by atoms with Gasteiger partial charge in [-0.3, -0.25) is 19.2 Å². The van der Waals surface area contributed by atoms with Crippen LogP contribution in [0, 0.1) is 0 Å². The van der Waals surface area contributed by atoms with Crippen LogP contribution in [0.2, 0.25) is 0 Å². The van der Waals surface area contributed by atoms with Crippen LogP contribution < -0.4 is 21.7 Å². The summed E-state index contributed by atoms with van der Waals surface area (Å²) in [4.78, 5) is 45.8. The van der Waals surface area contributed by atoms with Gasteiger partial charge in [-0.1, -0.05) is 0 Å². The van der Waals surface area contributed by atoms with Crippen LogP contribution in [0.3, 0.4) is 0 Å². The predicted octanol–water partition coefficient (Wildman–Crippen LogP) is -3.19. The Bertz CT molecular complexity index is 457. The maximum absolute atomic E-state index is 12.1. The Morgan fingerprint density at radius 2 is 1.65 bits per heavy atom. The number of carboxylic acid groups (broad SMARTS) is 1. The SMILES string of the molecule is CC(N)C(=O)NC(C(=O)NC(CS)C(=O)NCC(=O)O)C(C)O. The minimum atomic E-state index is -1.32. The summed E-state index contributed by atoms with van der Waals surface area (Å²) < 4.78 is 0. The van der Waals surface area contributed by atoms with Gasteiger partial charge in [0.2, 0.25) is 17.7 Å². The van der Waals surface area contributed by atoms with Crippen LogP contribution in [-0.2, 0) is 19.2 Å². The number of hydrogen-bond donors (Lipinski definition) is 7. The lowest BCUT2D eigenvalue weighted by Crippen LogP contribution is -2.59. The molecule has 0 aliphatic carbocycles. The third kappa shape index (κ3) is 7.81. The van der Waals surface area contributed by atoms with Crippen molar-refractivity contribution in [1.82, 2.24) is 16.0 Å². The second-order valence-corrected chi connectivity index (χ2v) is 5.24. The number of rotatable bonds is 9. The lowest BCUT2D eigenvalue weighted by atomic mass is 10.1. The van der Waals surface area contributed by atoms with Crippen LogP contribution in [0.1, 0.15) is 13.8 Å². The van der Waals surface area contributed by atoms with Gasteiger partial charge in [-0.15, -0.1) is 0 Å². The van der Waals surface area contributed by atoms with Crippen molar-refractivity contribution in [3.63, 3.8) is 0 Å². The average Bonchev–Trinajstić information content (AvgIpc) is 2.46. The zero-order valence-corrected chi connectivity index (χ0v) is 13.7. The number of nitrogens with two attached hydrogens (primary N) is 1. The fraction of sp³-hybridized carbons (Fsp3) is 0.667. The molecule has 0 bridgehead atoms. The molecule has 0 fully saturated rings. The topological polar surface area (TPSA) is 171 Å². The Balaban J connectivity index is 4.83. The quantitative estimate of drug-likeness (QED) is 0.215. The number of nitrogens with one attached hydrogen (secondary N) is 3. The summed E-state index contributed by atoms with van der Waals surface area (Å²) in [6.07, 6.45) is -1.24. The average molecular weight is 350 g/mol. The first-order valence-electron chi connectivity index (χ1n) is 6.74. The van der Waals surface area contributed by atoms with E-state index in [9.17, 15) is 24.3 Å². The molecule has 0 saturated heterocycles.